The van der Waals surface area contributed by atoms with Crippen molar-refractivity contribution in [2.45, 2.75) is 69.7 Å². The van der Waals surface area contributed by atoms with Gasteiger partial charge in [-0.1, -0.05) is 31.0 Å². The summed E-state index contributed by atoms with van der Waals surface area (Å²) in [4.78, 5) is 31.0. The number of aromatic nitrogens is 2. The van der Waals surface area contributed by atoms with Crippen molar-refractivity contribution >= 4 is 5.91 Å². The number of amides is 1. The van der Waals surface area contributed by atoms with Crippen LogP contribution < -0.4 is 5.56 Å². The Kier molecular flexibility index (Phi) is 4.68. The molecular weight excluding hydrogens is 378 g/mol. The third-order valence-electron chi connectivity index (χ3n) is 7.47. The Morgan fingerprint density at radius 3 is 2.63 bits per heavy atom. The van der Waals surface area contributed by atoms with Crippen LogP contribution in [0.15, 0.2) is 23.0 Å². The first-order chi connectivity index (χ1) is 14.5. The first-order valence-corrected chi connectivity index (χ1v) is 11.2. The smallest absolute Gasteiger partial charge is 0.315 e. The molecule has 1 aliphatic heterocycles. The number of fused-ring (bicyclic) bond motifs is 2. The van der Waals surface area contributed by atoms with Crippen LogP contribution in [0, 0.1) is 0 Å². The second kappa shape index (κ2) is 7.25. The van der Waals surface area contributed by atoms with Crippen molar-refractivity contribution in [2.24, 2.45) is 0 Å². The minimum absolute atomic E-state index is 0.0493. The second-order valence-corrected chi connectivity index (χ2v) is 9.22. The summed E-state index contributed by atoms with van der Waals surface area (Å²) in [5.41, 5.74) is 3.76. The SMILES string of the molecule is CN1CCn2c(CC3(c4cccc5c4CCCC5)CCCC3)nc(=O)c(O)c2C1=O. The molecule has 0 atom stereocenters. The predicted octanol–water partition coefficient (Wildman–Crippen LogP) is 2.97. The molecule has 3 aliphatic rings. The van der Waals surface area contributed by atoms with E-state index in [0.717, 1.165) is 25.7 Å². The number of hydrogen-bond donors (Lipinski definition) is 1. The summed E-state index contributed by atoms with van der Waals surface area (Å²) >= 11 is 0. The Labute approximate surface area is 176 Å². The zero-order valence-electron chi connectivity index (χ0n) is 17.6. The van der Waals surface area contributed by atoms with Gasteiger partial charge in [0.2, 0.25) is 5.75 Å². The normalized spacial score (nSPS) is 20.2. The second-order valence-electron chi connectivity index (χ2n) is 9.22. The number of carbonyl (C=O) groups is 1. The standard InChI is InChI=1S/C24H29N3O3/c1-26-13-14-27-19(25-22(29)21(28)20(27)23(26)30)15-24(11-4-5-12-24)18-10-6-8-16-7-2-3-9-17(16)18/h6,8,10,28H,2-5,7,9,11-15H2,1H3. The molecule has 1 amide bonds. The number of aryl methyl sites for hydroxylation is 1. The third kappa shape index (κ3) is 2.96. The maximum Gasteiger partial charge on any atom is 0.315 e. The quantitative estimate of drug-likeness (QED) is 0.849. The monoisotopic (exact) mass is 407 g/mol. The van der Waals surface area contributed by atoms with Crippen LogP contribution in [0.1, 0.15) is 71.5 Å². The van der Waals surface area contributed by atoms with Crippen LogP contribution in [-0.2, 0) is 31.2 Å². The van der Waals surface area contributed by atoms with Crippen LogP contribution in [0.25, 0.3) is 0 Å². The molecule has 1 saturated carbocycles. The van der Waals surface area contributed by atoms with Gasteiger partial charge in [-0.05, 0) is 55.2 Å². The van der Waals surface area contributed by atoms with E-state index in [1.165, 1.54) is 42.4 Å². The molecule has 2 aliphatic carbocycles. The van der Waals surface area contributed by atoms with Crippen LogP contribution in [0.5, 0.6) is 5.75 Å². The number of hydrogen-bond acceptors (Lipinski definition) is 4. The fourth-order valence-electron chi connectivity index (χ4n) is 5.89. The van der Waals surface area contributed by atoms with Gasteiger partial charge in [0.15, 0.2) is 5.69 Å². The van der Waals surface area contributed by atoms with Crippen molar-refractivity contribution < 1.29 is 9.90 Å². The molecule has 5 rings (SSSR count). The van der Waals surface area contributed by atoms with E-state index >= 15 is 0 Å². The van der Waals surface area contributed by atoms with Gasteiger partial charge in [-0.25, -0.2) is 0 Å². The topological polar surface area (TPSA) is 75.4 Å². The molecule has 0 radical (unpaired) electrons. The van der Waals surface area contributed by atoms with E-state index in [1.54, 1.807) is 16.5 Å². The van der Waals surface area contributed by atoms with E-state index < -0.39 is 11.3 Å². The summed E-state index contributed by atoms with van der Waals surface area (Å²) < 4.78 is 1.80. The van der Waals surface area contributed by atoms with Crippen molar-refractivity contribution in [3.63, 3.8) is 0 Å². The number of carbonyl (C=O) groups excluding carboxylic acids is 1. The van der Waals surface area contributed by atoms with Crippen LogP contribution in [0.3, 0.4) is 0 Å². The summed E-state index contributed by atoms with van der Waals surface area (Å²) in [6, 6.07) is 6.73. The maximum absolute atomic E-state index is 12.7. The van der Waals surface area contributed by atoms with Gasteiger partial charge in [-0.2, -0.15) is 4.98 Å². The van der Waals surface area contributed by atoms with E-state index in [9.17, 15) is 14.7 Å². The van der Waals surface area contributed by atoms with Crippen LogP contribution in [0.2, 0.25) is 0 Å². The first-order valence-electron chi connectivity index (χ1n) is 11.2. The lowest BCUT2D eigenvalue weighted by Crippen LogP contribution is -2.42. The molecule has 1 fully saturated rings. The Bertz CT molecular complexity index is 1070. The number of aromatic hydroxyl groups is 1. The summed E-state index contributed by atoms with van der Waals surface area (Å²) in [5, 5.41) is 10.3. The molecule has 30 heavy (non-hydrogen) atoms. The molecule has 6 heteroatoms. The summed E-state index contributed by atoms with van der Waals surface area (Å²) in [6.07, 6.45) is 9.87. The van der Waals surface area contributed by atoms with E-state index in [4.69, 9.17) is 0 Å². The highest BCUT2D eigenvalue weighted by molar-refractivity contribution is 5.95. The predicted molar refractivity (Wildman–Crippen MR) is 114 cm³/mol. The molecular formula is C24H29N3O3. The van der Waals surface area contributed by atoms with Gasteiger partial charge in [-0.3, -0.25) is 9.59 Å². The van der Waals surface area contributed by atoms with Crippen molar-refractivity contribution in [1.82, 2.24) is 14.5 Å². The highest BCUT2D eigenvalue weighted by atomic mass is 16.3. The molecule has 0 unspecified atom stereocenters. The van der Waals surface area contributed by atoms with Gasteiger partial charge in [0.05, 0.1) is 0 Å². The molecule has 0 spiro atoms. The van der Waals surface area contributed by atoms with Gasteiger partial charge in [0, 0.05) is 32.0 Å². The fourth-order valence-corrected chi connectivity index (χ4v) is 5.89. The first kappa shape index (κ1) is 19.3. The molecule has 2 aromatic rings. The fraction of sp³-hybridized carbons (Fsp3) is 0.542. The van der Waals surface area contributed by atoms with E-state index in [2.05, 4.69) is 23.2 Å². The lowest BCUT2D eigenvalue weighted by Gasteiger charge is -2.36. The van der Waals surface area contributed by atoms with Gasteiger partial charge in [0.25, 0.3) is 5.91 Å². The number of likely N-dealkylation sites (N-methyl/N-ethyl adjacent to an activating group) is 1. The lowest BCUT2D eigenvalue weighted by atomic mass is 9.71. The Balaban J connectivity index is 1.64. The zero-order valence-corrected chi connectivity index (χ0v) is 17.6. The lowest BCUT2D eigenvalue weighted by molar-refractivity contribution is 0.0737. The van der Waals surface area contributed by atoms with Crippen molar-refractivity contribution in [2.75, 3.05) is 13.6 Å². The largest absolute Gasteiger partial charge is 0.501 e. The van der Waals surface area contributed by atoms with Crippen molar-refractivity contribution in [1.29, 1.82) is 0 Å². The van der Waals surface area contributed by atoms with Gasteiger partial charge in [-0.15, -0.1) is 0 Å². The highest BCUT2D eigenvalue weighted by Crippen LogP contribution is 2.46. The molecule has 1 aromatic heterocycles. The average Bonchev–Trinajstić information content (AvgIpc) is 3.23. The van der Waals surface area contributed by atoms with Gasteiger partial charge in [0.1, 0.15) is 5.82 Å². The minimum Gasteiger partial charge on any atom is -0.501 e. The average molecular weight is 408 g/mol. The van der Waals surface area contributed by atoms with Crippen LogP contribution in [0.4, 0.5) is 0 Å². The zero-order chi connectivity index (χ0) is 20.9. The molecule has 0 bridgehead atoms. The van der Waals surface area contributed by atoms with Gasteiger partial charge >= 0.3 is 5.56 Å². The molecule has 158 valence electrons. The van der Waals surface area contributed by atoms with E-state index in [1.807, 2.05) is 0 Å². The highest BCUT2D eigenvalue weighted by Gasteiger charge is 2.40. The molecule has 1 aromatic carbocycles. The van der Waals surface area contributed by atoms with E-state index in [0.29, 0.717) is 25.3 Å². The number of nitrogens with zero attached hydrogens (tertiary/aromatic N) is 3. The maximum atomic E-state index is 12.7. The van der Waals surface area contributed by atoms with E-state index in [-0.39, 0.29) is 17.0 Å². The Morgan fingerprint density at radius 1 is 1.07 bits per heavy atom. The summed E-state index contributed by atoms with van der Waals surface area (Å²) in [5.74, 6) is -0.186. The van der Waals surface area contributed by atoms with Crippen molar-refractivity contribution in [3.8, 4) is 5.75 Å². The molecule has 2 heterocycles. The van der Waals surface area contributed by atoms with Crippen molar-refractivity contribution in [3.05, 3.63) is 56.8 Å². The minimum atomic E-state index is -0.692. The molecule has 1 N–H and O–H groups in total. The van der Waals surface area contributed by atoms with Crippen LogP contribution >= 0.6 is 0 Å². The summed E-state index contributed by atoms with van der Waals surface area (Å²) in [7, 11) is 1.70. The molecule has 6 nitrogen and oxygen atoms in total. The number of benzene rings is 1. The number of rotatable bonds is 3. The summed E-state index contributed by atoms with van der Waals surface area (Å²) in [6.45, 7) is 1.10. The molecule has 0 saturated heterocycles. The van der Waals surface area contributed by atoms with Gasteiger partial charge < -0.3 is 14.6 Å². The Hall–Kier alpha value is -2.63. The van der Waals surface area contributed by atoms with Crippen LogP contribution in [-0.4, -0.2) is 39.1 Å². The third-order valence-corrected chi connectivity index (χ3v) is 7.47. The Morgan fingerprint density at radius 2 is 1.83 bits per heavy atom.